The molecule has 130 valence electrons. The van der Waals surface area contributed by atoms with Gasteiger partial charge < -0.3 is 9.80 Å². The van der Waals surface area contributed by atoms with Crippen molar-refractivity contribution in [2.24, 2.45) is 0 Å². The van der Waals surface area contributed by atoms with Crippen molar-refractivity contribution in [3.63, 3.8) is 0 Å². The van der Waals surface area contributed by atoms with Crippen molar-refractivity contribution in [3.8, 4) is 10.4 Å². The summed E-state index contributed by atoms with van der Waals surface area (Å²) in [5, 5.41) is 2.15. The first-order valence-corrected chi connectivity index (χ1v) is 10.1. The van der Waals surface area contributed by atoms with Crippen LogP contribution in [0.4, 0.5) is 0 Å². The van der Waals surface area contributed by atoms with Crippen molar-refractivity contribution in [1.82, 2.24) is 9.80 Å². The van der Waals surface area contributed by atoms with E-state index in [4.69, 9.17) is 11.6 Å². The number of nitrogens with zero attached hydrogens (tertiary/aromatic N) is 2. The van der Waals surface area contributed by atoms with E-state index in [9.17, 15) is 0 Å². The van der Waals surface area contributed by atoms with E-state index < -0.39 is 0 Å². The van der Waals surface area contributed by atoms with Crippen molar-refractivity contribution >= 4 is 33.0 Å². The lowest BCUT2D eigenvalue weighted by atomic mass is 10.0. The van der Waals surface area contributed by atoms with E-state index in [0.29, 0.717) is 0 Å². The van der Waals surface area contributed by atoms with Crippen LogP contribution in [0.15, 0.2) is 48.5 Å². The zero-order valence-electron chi connectivity index (χ0n) is 14.5. The monoisotopic (exact) mass is 370 g/mol. The van der Waals surface area contributed by atoms with Gasteiger partial charge in [-0.2, -0.15) is 0 Å². The maximum atomic E-state index is 6.30. The molecule has 3 aromatic rings. The van der Waals surface area contributed by atoms with Crippen LogP contribution in [-0.4, -0.2) is 49.6 Å². The predicted octanol–water partition coefficient (Wildman–Crippen LogP) is 5.01. The maximum Gasteiger partial charge on any atom is 0.0413 e. The molecule has 4 rings (SSSR count). The van der Waals surface area contributed by atoms with Crippen LogP contribution in [0.25, 0.3) is 20.5 Å². The number of fused-ring (bicyclic) bond motifs is 1. The molecule has 0 radical (unpaired) electrons. The van der Waals surface area contributed by atoms with Gasteiger partial charge in [-0.3, -0.25) is 0 Å². The molecule has 0 atom stereocenters. The number of hydrogen-bond acceptors (Lipinski definition) is 3. The Labute approximate surface area is 158 Å². The smallest absolute Gasteiger partial charge is 0.0413 e. The SMILES string of the molecule is CN1CCN(CCc2c(-c3ccccc3)sc3ccc(Cl)cc23)CC1. The van der Waals surface area contributed by atoms with Gasteiger partial charge in [-0.15, -0.1) is 11.3 Å². The van der Waals surface area contributed by atoms with Crippen molar-refractivity contribution in [2.75, 3.05) is 39.8 Å². The Bertz CT molecular complexity index is 851. The highest BCUT2D eigenvalue weighted by Crippen LogP contribution is 2.40. The summed E-state index contributed by atoms with van der Waals surface area (Å²) in [6.07, 6.45) is 1.08. The van der Waals surface area contributed by atoms with Gasteiger partial charge in [0, 0.05) is 47.3 Å². The fourth-order valence-electron chi connectivity index (χ4n) is 3.53. The van der Waals surface area contributed by atoms with E-state index >= 15 is 0 Å². The van der Waals surface area contributed by atoms with Crippen molar-refractivity contribution in [2.45, 2.75) is 6.42 Å². The highest BCUT2D eigenvalue weighted by molar-refractivity contribution is 7.22. The van der Waals surface area contributed by atoms with Gasteiger partial charge in [0.05, 0.1) is 0 Å². The lowest BCUT2D eigenvalue weighted by molar-refractivity contribution is 0.155. The number of piperazine rings is 1. The molecule has 0 amide bonds. The van der Waals surface area contributed by atoms with E-state index in [1.165, 1.54) is 52.3 Å². The second kappa shape index (κ2) is 7.46. The first-order valence-electron chi connectivity index (χ1n) is 8.88. The summed E-state index contributed by atoms with van der Waals surface area (Å²) < 4.78 is 1.33. The summed E-state index contributed by atoms with van der Waals surface area (Å²) in [6, 6.07) is 17.1. The Kier molecular flexibility index (Phi) is 5.09. The second-order valence-electron chi connectivity index (χ2n) is 6.81. The van der Waals surface area contributed by atoms with Crippen LogP contribution in [0.5, 0.6) is 0 Å². The molecular formula is C21H23ClN2S. The molecule has 1 saturated heterocycles. The van der Waals surface area contributed by atoms with E-state index in [-0.39, 0.29) is 0 Å². The molecule has 1 aromatic heterocycles. The van der Waals surface area contributed by atoms with Gasteiger partial charge in [-0.05, 0) is 48.2 Å². The average Bonchev–Trinajstić information content (AvgIpc) is 3.00. The molecule has 0 aliphatic carbocycles. The zero-order chi connectivity index (χ0) is 17.2. The number of rotatable bonds is 4. The Morgan fingerprint density at radius 1 is 1.00 bits per heavy atom. The quantitative estimate of drug-likeness (QED) is 0.636. The topological polar surface area (TPSA) is 6.48 Å². The summed E-state index contributed by atoms with van der Waals surface area (Å²) in [4.78, 5) is 6.39. The van der Waals surface area contributed by atoms with E-state index in [1.807, 2.05) is 17.4 Å². The summed E-state index contributed by atoms with van der Waals surface area (Å²) in [5.41, 5.74) is 2.76. The van der Waals surface area contributed by atoms with Gasteiger partial charge in [0.1, 0.15) is 0 Å². The molecule has 0 spiro atoms. The molecular weight excluding hydrogens is 348 g/mol. The van der Waals surface area contributed by atoms with Crippen LogP contribution in [0.3, 0.4) is 0 Å². The third kappa shape index (κ3) is 3.75. The maximum absolute atomic E-state index is 6.30. The molecule has 0 bridgehead atoms. The minimum atomic E-state index is 0.825. The summed E-state index contributed by atoms with van der Waals surface area (Å²) in [7, 11) is 2.21. The van der Waals surface area contributed by atoms with Crippen molar-refractivity contribution in [1.29, 1.82) is 0 Å². The summed E-state index contributed by atoms with van der Waals surface area (Å²) >= 11 is 8.19. The van der Waals surface area contributed by atoms with E-state index in [0.717, 1.165) is 18.0 Å². The van der Waals surface area contributed by atoms with Crippen molar-refractivity contribution < 1.29 is 0 Å². The molecule has 4 heteroatoms. The second-order valence-corrected chi connectivity index (χ2v) is 8.30. The Hall–Kier alpha value is -1.39. The number of benzene rings is 2. The molecule has 25 heavy (non-hydrogen) atoms. The van der Waals surface area contributed by atoms with Gasteiger partial charge in [0.25, 0.3) is 0 Å². The number of thiophene rings is 1. The van der Waals surface area contributed by atoms with Crippen LogP contribution in [0.2, 0.25) is 5.02 Å². The zero-order valence-corrected chi connectivity index (χ0v) is 16.1. The largest absolute Gasteiger partial charge is 0.304 e. The lowest BCUT2D eigenvalue weighted by Crippen LogP contribution is -2.45. The molecule has 2 heterocycles. The van der Waals surface area contributed by atoms with Crippen LogP contribution in [-0.2, 0) is 6.42 Å². The third-order valence-corrected chi connectivity index (χ3v) is 6.56. The Morgan fingerprint density at radius 2 is 1.76 bits per heavy atom. The van der Waals surface area contributed by atoms with Crippen LogP contribution < -0.4 is 0 Å². The molecule has 2 aromatic carbocycles. The molecule has 0 N–H and O–H groups in total. The minimum Gasteiger partial charge on any atom is -0.304 e. The van der Waals surface area contributed by atoms with Gasteiger partial charge in [0.15, 0.2) is 0 Å². The van der Waals surface area contributed by atoms with Gasteiger partial charge in [-0.25, -0.2) is 0 Å². The molecule has 1 aliphatic rings. The molecule has 0 saturated carbocycles. The first-order chi connectivity index (χ1) is 12.2. The third-order valence-electron chi connectivity index (χ3n) is 5.06. The summed E-state index contributed by atoms with van der Waals surface area (Å²) in [6.45, 7) is 5.79. The first kappa shape index (κ1) is 17.0. The lowest BCUT2D eigenvalue weighted by Gasteiger charge is -2.32. The Balaban J connectivity index is 1.66. The fraction of sp³-hybridized carbons (Fsp3) is 0.333. The molecule has 2 nitrogen and oxygen atoms in total. The standard InChI is InChI=1S/C21H23ClN2S/c1-23-11-13-24(14-12-23)10-9-18-19-15-17(22)7-8-20(19)25-21(18)16-5-3-2-4-6-16/h2-8,15H,9-14H2,1H3. The number of likely N-dealkylation sites (N-methyl/N-ethyl adjacent to an activating group) is 1. The highest BCUT2D eigenvalue weighted by atomic mass is 35.5. The van der Waals surface area contributed by atoms with Gasteiger partial charge in [0.2, 0.25) is 0 Å². The molecule has 1 fully saturated rings. The normalized spacial score (nSPS) is 16.6. The Morgan fingerprint density at radius 3 is 2.52 bits per heavy atom. The van der Waals surface area contributed by atoms with Crippen LogP contribution in [0, 0.1) is 0 Å². The van der Waals surface area contributed by atoms with E-state index in [2.05, 4.69) is 59.3 Å². The summed E-state index contributed by atoms with van der Waals surface area (Å²) in [5.74, 6) is 0. The van der Waals surface area contributed by atoms with Crippen LogP contribution >= 0.6 is 22.9 Å². The minimum absolute atomic E-state index is 0.825. The molecule has 1 aliphatic heterocycles. The van der Waals surface area contributed by atoms with Gasteiger partial charge in [-0.1, -0.05) is 41.9 Å². The van der Waals surface area contributed by atoms with Crippen LogP contribution in [0.1, 0.15) is 5.56 Å². The number of halogens is 1. The van der Waals surface area contributed by atoms with Crippen molar-refractivity contribution in [3.05, 3.63) is 59.1 Å². The fourth-order valence-corrected chi connectivity index (χ4v) is 4.94. The molecule has 0 unspecified atom stereocenters. The average molecular weight is 371 g/mol. The number of hydrogen-bond donors (Lipinski definition) is 0. The van der Waals surface area contributed by atoms with Gasteiger partial charge >= 0.3 is 0 Å². The predicted molar refractivity (Wildman–Crippen MR) is 110 cm³/mol. The van der Waals surface area contributed by atoms with E-state index in [1.54, 1.807) is 0 Å². The highest BCUT2D eigenvalue weighted by Gasteiger charge is 2.17.